The summed E-state index contributed by atoms with van der Waals surface area (Å²) in [6, 6.07) is 16.3. The quantitative estimate of drug-likeness (QED) is 0.485. The third-order valence-electron chi connectivity index (χ3n) is 5.60. The fourth-order valence-electron chi connectivity index (χ4n) is 3.79. The average Bonchev–Trinajstić information content (AvgIpc) is 3.51. The number of nitriles is 1. The first kappa shape index (κ1) is 19.3. The average molecular weight is 432 g/mol. The minimum Gasteiger partial charge on any atom is -0.320 e. The molecule has 2 aromatic heterocycles. The molecule has 1 aliphatic rings. The van der Waals surface area contributed by atoms with Crippen molar-refractivity contribution in [1.82, 2.24) is 18.7 Å². The zero-order valence-electron chi connectivity index (χ0n) is 16.5. The maximum atomic E-state index is 13.4. The third-order valence-corrected chi connectivity index (χ3v) is 5.85. The molecule has 1 fully saturated rings. The highest BCUT2D eigenvalue weighted by Gasteiger charge is 2.26. The maximum absolute atomic E-state index is 13.4. The molecule has 0 N–H and O–H groups in total. The van der Waals surface area contributed by atoms with Crippen LogP contribution in [0.4, 0.5) is 0 Å². The van der Waals surface area contributed by atoms with E-state index in [1.165, 1.54) is 9.13 Å². The summed E-state index contributed by atoms with van der Waals surface area (Å²) in [5.74, 6) is 0.345. The van der Waals surface area contributed by atoms with E-state index in [4.69, 9.17) is 11.6 Å². The zero-order chi connectivity index (χ0) is 21.5. The van der Waals surface area contributed by atoms with E-state index >= 15 is 0 Å². The van der Waals surface area contributed by atoms with Crippen molar-refractivity contribution in [3.63, 3.8) is 0 Å². The first-order valence-electron chi connectivity index (χ1n) is 10.0. The molecule has 0 atom stereocenters. The Morgan fingerprint density at radius 1 is 1.10 bits per heavy atom. The summed E-state index contributed by atoms with van der Waals surface area (Å²) >= 11 is 6.03. The van der Waals surface area contributed by atoms with E-state index < -0.39 is 5.69 Å². The van der Waals surface area contributed by atoms with Crippen molar-refractivity contribution in [2.45, 2.75) is 25.9 Å². The van der Waals surface area contributed by atoms with Gasteiger partial charge in [-0.3, -0.25) is 9.36 Å². The predicted molar refractivity (Wildman–Crippen MR) is 118 cm³/mol. The van der Waals surface area contributed by atoms with Gasteiger partial charge in [0.2, 0.25) is 0 Å². The van der Waals surface area contributed by atoms with Crippen molar-refractivity contribution in [3.8, 4) is 11.8 Å². The lowest BCUT2D eigenvalue weighted by Gasteiger charge is -2.13. The Morgan fingerprint density at radius 2 is 1.84 bits per heavy atom. The lowest BCUT2D eigenvalue weighted by molar-refractivity contribution is 0.567. The van der Waals surface area contributed by atoms with E-state index in [1.807, 2.05) is 12.1 Å². The minimum atomic E-state index is -0.408. The Labute approximate surface area is 182 Å². The Kier molecular flexibility index (Phi) is 4.72. The molecule has 154 valence electrons. The zero-order valence-corrected chi connectivity index (χ0v) is 17.3. The van der Waals surface area contributed by atoms with Gasteiger partial charge in [0.1, 0.15) is 0 Å². The molecule has 2 heterocycles. The van der Waals surface area contributed by atoms with E-state index in [-0.39, 0.29) is 5.56 Å². The van der Waals surface area contributed by atoms with Gasteiger partial charge in [0.05, 0.1) is 30.2 Å². The number of benzene rings is 2. The van der Waals surface area contributed by atoms with Gasteiger partial charge in [-0.15, -0.1) is 0 Å². The third kappa shape index (κ3) is 3.45. The Morgan fingerprint density at radius 3 is 2.55 bits per heavy atom. The molecule has 0 bridgehead atoms. The molecular weight excluding hydrogens is 414 g/mol. The number of halogens is 1. The molecule has 4 aromatic rings. The summed E-state index contributed by atoms with van der Waals surface area (Å²) < 4.78 is 4.48. The minimum absolute atomic E-state index is 0.291. The van der Waals surface area contributed by atoms with Crippen LogP contribution in [0.25, 0.3) is 16.9 Å². The van der Waals surface area contributed by atoms with Gasteiger partial charge in [-0.1, -0.05) is 29.8 Å². The van der Waals surface area contributed by atoms with E-state index in [0.29, 0.717) is 46.4 Å². The fourth-order valence-corrected chi connectivity index (χ4v) is 3.92. The van der Waals surface area contributed by atoms with E-state index in [1.54, 1.807) is 47.3 Å². The molecule has 31 heavy (non-hydrogen) atoms. The monoisotopic (exact) mass is 431 g/mol. The second-order valence-corrected chi connectivity index (χ2v) is 8.20. The van der Waals surface area contributed by atoms with Crippen LogP contribution in [0.15, 0.2) is 64.4 Å². The summed E-state index contributed by atoms with van der Waals surface area (Å²) in [6.07, 6.45) is 3.58. The summed E-state index contributed by atoms with van der Waals surface area (Å²) in [7, 11) is 0. The van der Waals surface area contributed by atoms with Crippen molar-refractivity contribution < 1.29 is 0 Å². The van der Waals surface area contributed by atoms with Crippen LogP contribution in [0.1, 0.15) is 24.0 Å². The number of nitrogens with zero attached hydrogens (tertiary/aromatic N) is 5. The molecule has 1 saturated carbocycles. The SMILES string of the molecule is N#Cc1ccccc1Cn1cnc2c1c(=O)n(CC1CC1)c(=O)n2-c1ccc(Cl)cc1. The van der Waals surface area contributed by atoms with Crippen molar-refractivity contribution >= 4 is 22.8 Å². The molecule has 2 aromatic carbocycles. The van der Waals surface area contributed by atoms with Crippen molar-refractivity contribution in [2.75, 3.05) is 0 Å². The normalized spacial score (nSPS) is 13.4. The molecule has 1 aliphatic carbocycles. The standard InChI is InChI=1S/C23H18ClN5O2/c24-18-7-9-19(10-8-18)29-21-20(22(30)28(23(29)31)12-15-5-6-15)27(14-26-21)13-17-4-2-1-3-16(17)11-25/h1-4,7-10,14-15H,5-6,12-13H2. The number of hydrogen-bond acceptors (Lipinski definition) is 4. The summed E-state index contributed by atoms with van der Waals surface area (Å²) in [5, 5.41) is 9.97. The maximum Gasteiger partial charge on any atom is 0.337 e. The molecule has 0 spiro atoms. The highest BCUT2D eigenvalue weighted by atomic mass is 35.5. The van der Waals surface area contributed by atoms with Crippen LogP contribution in [-0.2, 0) is 13.1 Å². The van der Waals surface area contributed by atoms with Gasteiger partial charge in [0.15, 0.2) is 11.2 Å². The molecule has 7 nitrogen and oxygen atoms in total. The van der Waals surface area contributed by atoms with Gasteiger partial charge in [-0.2, -0.15) is 5.26 Å². The van der Waals surface area contributed by atoms with Gasteiger partial charge in [0.25, 0.3) is 5.56 Å². The van der Waals surface area contributed by atoms with Crippen LogP contribution >= 0.6 is 11.6 Å². The van der Waals surface area contributed by atoms with E-state index in [0.717, 1.165) is 18.4 Å². The van der Waals surface area contributed by atoms with E-state index in [2.05, 4.69) is 11.1 Å². The molecule has 0 aliphatic heterocycles. The Bertz CT molecular complexity index is 1450. The van der Waals surface area contributed by atoms with Crippen LogP contribution in [0.3, 0.4) is 0 Å². The summed E-state index contributed by atoms with van der Waals surface area (Å²) in [4.78, 5) is 31.1. The predicted octanol–water partition coefficient (Wildman–Crippen LogP) is 3.33. The number of imidazole rings is 1. The van der Waals surface area contributed by atoms with Gasteiger partial charge >= 0.3 is 5.69 Å². The van der Waals surface area contributed by atoms with Gasteiger partial charge in [0, 0.05) is 11.6 Å². The highest BCUT2D eigenvalue weighted by molar-refractivity contribution is 6.30. The summed E-state index contributed by atoms with van der Waals surface area (Å²) in [6.45, 7) is 0.693. The van der Waals surface area contributed by atoms with Gasteiger partial charge in [-0.05, 0) is 54.7 Å². The number of hydrogen-bond donors (Lipinski definition) is 0. The second-order valence-electron chi connectivity index (χ2n) is 7.77. The summed E-state index contributed by atoms with van der Waals surface area (Å²) in [5.41, 5.74) is 1.77. The van der Waals surface area contributed by atoms with Crippen LogP contribution in [0.5, 0.6) is 0 Å². The highest BCUT2D eigenvalue weighted by Crippen LogP contribution is 2.30. The van der Waals surface area contributed by atoms with Crippen molar-refractivity contribution in [3.05, 3.63) is 91.8 Å². The first-order chi connectivity index (χ1) is 15.1. The van der Waals surface area contributed by atoms with Gasteiger partial charge < -0.3 is 4.57 Å². The lowest BCUT2D eigenvalue weighted by atomic mass is 10.1. The van der Waals surface area contributed by atoms with Gasteiger partial charge in [-0.25, -0.2) is 14.3 Å². The Hall–Kier alpha value is -3.63. The van der Waals surface area contributed by atoms with Crippen LogP contribution < -0.4 is 11.2 Å². The van der Waals surface area contributed by atoms with Crippen molar-refractivity contribution in [2.24, 2.45) is 5.92 Å². The van der Waals surface area contributed by atoms with Crippen LogP contribution in [0, 0.1) is 17.2 Å². The smallest absolute Gasteiger partial charge is 0.320 e. The number of fused-ring (bicyclic) bond motifs is 1. The molecule has 5 rings (SSSR count). The first-order valence-corrected chi connectivity index (χ1v) is 10.4. The van der Waals surface area contributed by atoms with Crippen molar-refractivity contribution in [1.29, 1.82) is 5.26 Å². The Balaban J connectivity index is 1.75. The molecule has 0 unspecified atom stereocenters. The largest absolute Gasteiger partial charge is 0.337 e. The molecule has 0 amide bonds. The van der Waals surface area contributed by atoms with E-state index in [9.17, 15) is 14.9 Å². The van der Waals surface area contributed by atoms with Crippen LogP contribution in [0.2, 0.25) is 5.02 Å². The molecule has 0 radical (unpaired) electrons. The molecule has 0 saturated heterocycles. The topological polar surface area (TPSA) is 85.6 Å². The van der Waals surface area contributed by atoms with Crippen LogP contribution in [-0.4, -0.2) is 18.7 Å². The lowest BCUT2D eigenvalue weighted by Crippen LogP contribution is -2.40. The molecule has 8 heteroatoms. The number of rotatable bonds is 5. The number of aromatic nitrogens is 4. The second kappa shape index (κ2) is 7.56. The molecular formula is C23H18ClN5O2. The fraction of sp³-hybridized carbons (Fsp3) is 0.217.